The molecule has 1 rings (SSSR count). The van der Waals surface area contributed by atoms with Crippen molar-refractivity contribution in [1.82, 2.24) is 5.32 Å². The Morgan fingerprint density at radius 3 is 2.89 bits per heavy atom. The van der Waals surface area contributed by atoms with Crippen molar-refractivity contribution < 1.29 is 9.90 Å². The fourth-order valence-corrected chi connectivity index (χ4v) is 1.51. The minimum Gasteiger partial charge on any atom is -0.508 e. The van der Waals surface area contributed by atoms with Gasteiger partial charge in [0.2, 0.25) is 0 Å². The molecule has 0 saturated carbocycles. The van der Waals surface area contributed by atoms with Crippen molar-refractivity contribution in [2.45, 2.75) is 26.2 Å². The van der Waals surface area contributed by atoms with Crippen molar-refractivity contribution in [3.63, 3.8) is 0 Å². The van der Waals surface area contributed by atoms with Gasteiger partial charge in [-0.15, -0.1) is 12.3 Å². The van der Waals surface area contributed by atoms with Gasteiger partial charge in [0.05, 0.1) is 0 Å². The Morgan fingerprint density at radius 2 is 2.22 bits per heavy atom. The van der Waals surface area contributed by atoms with E-state index in [9.17, 15) is 9.90 Å². The van der Waals surface area contributed by atoms with E-state index in [0.717, 1.165) is 24.8 Å². The second-order valence-corrected chi connectivity index (χ2v) is 4.04. The first-order chi connectivity index (χ1) is 8.63. The third kappa shape index (κ3) is 4.79. The van der Waals surface area contributed by atoms with E-state index in [0.29, 0.717) is 12.2 Å². The predicted molar refractivity (Wildman–Crippen MR) is 72.5 cm³/mol. The highest BCUT2D eigenvalue weighted by Gasteiger charge is 2.04. The van der Waals surface area contributed by atoms with Gasteiger partial charge in [0.25, 0.3) is 0 Å². The lowest BCUT2D eigenvalue weighted by Gasteiger charge is -2.09. The summed E-state index contributed by atoms with van der Waals surface area (Å²) >= 11 is 0. The number of phenols is 1. The Kier molecular flexibility index (Phi) is 5.59. The SMILES string of the molecule is C#CCCCCNC(=O)Nc1ccc(O)cc1C. The van der Waals surface area contributed by atoms with Gasteiger partial charge in [-0.3, -0.25) is 0 Å². The number of aryl methyl sites for hydroxylation is 1. The molecule has 0 spiro atoms. The third-order valence-corrected chi connectivity index (χ3v) is 2.49. The lowest BCUT2D eigenvalue weighted by atomic mass is 10.2. The summed E-state index contributed by atoms with van der Waals surface area (Å²) in [5.74, 6) is 2.74. The molecule has 0 aliphatic heterocycles. The maximum atomic E-state index is 11.6. The standard InChI is InChI=1S/C14H18N2O2/c1-3-4-5-6-9-15-14(18)16-13-8-7-12(17)10-11(13)2/h1,7-8,10,17H,4-6,9H2,2H3,(H2,15,16,18). The third-order valence-electron chi connectivity index (χ3n) is 2.49. The average molecular weight is 246 g/mol. The molecule has 0 aromatic heterocycles. The van der Waals surface area contributed by atoms with E-state index in [2.05, 4.69) is 16.6 Å². The van der Waals surface area contributed by atoms with Crippen molar-refractivity contribution >= 4 is 11.7 Å². The van der Waals surface area contributed by atoms with Crippen molar-refractivity contribution in [2.24, 2.45) is 0 Å². The van der Waals surface area contributed by atoms with Crippen LogP contribution in [0.1, 0.15) is 24.8 Å². The van der Waals surface area contributed by atoms with Crippen LogP contribution >= 0.6 is 0 Å². The van der Waals surface area contributed by atoms with Crippen LogP contribution in [0.4, 0.5) is 10.5 Å². The second-order valence-electron chi connectivity index (χ2n) is 4.04. The van der Waals surface area contributed by atoms with Gasteiger partial charge >= 0.3 is 6.03 Å². The summed E-state index contributed by atoms with van der Waals surface area (Å²) in [4.78, 5) is 11.6. The molecule has 2 amide bonds. The van der Waals surface area contributed by atoms with Gasteiger partial charge < -0.3 is 15.7 Å². The number of aromatic hydroxyl groups is 1. The maximum absolute atomic E-state index is 11.6. The normalized spacial score (nSPS) is 9.56. The van der Waals surface area contributed by atoms with Crippen LogP contribution in [0.3, 0.4) is 0 Å². The van der Waals surface area contributed by atoms with Crippen LogP contribution in [-0.4, -0.2) is 17.7 Å². The molecule has 1 aromatic carbocycles. The number of phenolic OH excluding ortho intramolecular Hbond substituents is 1. The number of hydrogen-bond acceptors (Lipinski definition) is 2. The monoisotopic (exact) mass is 246 g/mol. The topological polar surface area (TPSA) is 61.4 Å². The van der Waals surface area contributed by atoms with Gasteiger partial charge in [-0.1, -0.05) is 0 Å². The molecule has 0 atom stereocenters. The van der Waals surface area contributed by atoms with Crippen LogP contribution in [0, 0.1) is 19.3 Å². The highest BCUT2D eigenvalue weighted by Crippen LogP contribution is 2.19. The van der Waals surface area contributed by atoms with Gasteiger partial charge in [-0.05, 0) is 43.5 Å². The molecule has 0 unspecified atom stereocenters. The summed E-state index contributed by atoms with van der Waals surface area (Å²) in [6.45, 7) is 2.42. The smallest absolute Gasteiger partial charge is 0.319 e. The Hall–Kier alpha value is -2.15. The quantitative estimate of drug-likeness (QED) is 0.425. The fraction of sp³-hybridized carbons (Fsp3) is 0.357. The number of unbranched alkanes of at least 4 members (excludes halogenated alkanes) is 2. The largest absolute Gasteiger partial charge is 0.508 e. The van der Waals surface area contributed by atoms with E-state index in [1.165, 1.54) is 6.07 Å². The van der Waals surface area contributed by atoms with Gasteiger partial charge in [0, 0.05) is 18.7 Å². The van der Waals surface area contributed by atoms with Gasteiger partial charge in [-0.25, -0.2) is 4.79 Å². The average Bonchev–Trinajstić information content (AvgIpc) is 2.32. The number of benzene rings is 1. The molecule has 0 aliphatic rings. The first-order valence-corrected chi connectivity index (χ1v) is 5.91. The molecule has 4 heteroatoms. The molecule has 0 saturated heterocycles. The molecule has 18 heavy (non-hydrogen) atoms. The van der Waals surface area contributed by atoms with Crippen molar-refractivity contribution in [3.8, 4) is 18.1 Å². The number of nitrogens with one attached hydrogen (secondary N) is 2. The summed E-state index contributed by atoms with van der Waals surface area (Å²) in [6, 6.07) is 4.56. The predicted octanol–water partition coefficient (Wildman–Crippen LogP) is 2.63. The second kappa shape index (κ2) is 7.23. The number of amides is 2. The number of rotatable bonds is 5. The summed E-state index contributed by atoms with van der Waals surface area (Å²) in [6.07, 6.45) is 7.65. The number of urea groups is 1. The summed E-state index contributed by atoms with van der Waals surface area (Å²) < 4.78 is 0. The first kappa shape index (κ1) is 13.9. The van der Waals surface area contributed by atoms with E-state index in [-0.39, 0.29) is 11.8 Å². The molecule has 0 fully saturated rings. The molecule has 0 radical (unpaired) electrons. The van der Waals surface area contributed by atoms with Crippen LogP contribution in [0.2, 0.25) is 0 Å². The lowest BCUT2D eigenvalue weighted by Crippen LogP contribution is -2.29. The lowest BCUT2D eigenvalue weighted by molar-refractivity contribution is 0.252. The number of carbonyl (C=O) groups excluding carboxylic acids is 1. The zero-order chi connectivity index (χ0) is 13.4. The molecule has 0 heterocycles. The number of hydrogen-bond donors (Lipinski definition) is 3. The van der Waals surface area contributed by atoms with Gasteiger partial charge in [-0.2, -0.15) is 0 Å². The Bertz CT molecular complexity index is 450. The molecule has 0 bridgehead atoms. The molecule has 96 valence electrons. The van der Waals surface area contributed by atoms with E-state index < -0.39 is 0 Å². The van der Waals surface area contributed by atoms with Crippen LogP contribution < -0.4 is 10.6 Å². The number of terminal acetylenes is 1. The Balaban J connectivity index is 2.34. The zero-order valence-corrected chi connectivity index (χ0v) is 10.5. The van der Waals surface area contributed by atoms with Crippen LogP contribution in [-0.2, 0) is 0 Å². The van der Waals surface area contributed by atoms with Crippen molar-refractivity contribution in [1.29, 1.82) is 0 Å². The Labute approximate surface area is 107 Å². The number of carbonyl (C=O) groups is 1. The minimum absolute atomic E-state index is 0.188. The minimum atomic E-state index is -0.246. The van der Waals surface area contributed by atoms with Gasteiger partial charge in [0.1, 0.15) is 5.75 Å². The van der Waals surface area contributed by atoms with E-state index >= 15 is 0 Å². The highest BCUT2D eigenvalue weighted by molar-refractivity contribution is 5.90. The van der Waals surface area contributed by atoms with Crippen LogP contribution in [0.25, 0.3) is 0 Å². The zero-order valence-electron chi connectivity index (χ0n) is 10.5. The molecule has 0 aliphatic carbocycles. The Morgan fingerprint density at radius 1 is 1.44 bits per heavy atom. The number of anilines is 1. The summed E-state index contributed by atoms with van der Waals surface area (Å²) in [5, 5.41) is 14.7. The maximum Gasteiger partial charge on any atom is 0.319 e. The van der Waals surface area contributed by atoms with Crippen LogP contribution in [0.5, 0.6) is 5.75 Å². The fourth-order valence-electron chi connectivity index (χ4n) is 1.51. The summed E-state index contributed by atoms with van der Waals surface area (Å²) in [5.41, 5.74) is 1.51. The van der Waals surface area contributed by atoms with E-state index in [4.69, 9.17) is 6.42 Å². The molecular formula is C14H18N2O2. The highest BCUT2D eigenvalue weighted by atomic mass is 16.3. The van der Waals surface area contributed by atoms with E-state index in [1.807, 2.05) is 6.92 Å². The molecule has 3 N–H and O–H groups in total. The molecular weight excluding hydrogens is 228 g/mol. The molecule has 4 nitrogen and oxygen atoms in total. The van der Waals surface area contributed by atoms with E-state index in [1.54, 1.807) is 12.1 Å². The first-order valence-electron chi connectivity index (χ1n) is 5.91. The van der Waals surface area contributed by atoms with Crippen molar-refractivity contribution in [2.75, 3.05) is 11.9 Å². The van der Waals surface area contributed by atoms with Gasteiger partial charge in [0.15, 0.2) is 0 Å². The van der Waals surface area contributed by atoms with Crippen molar-refractivity contribution in [3.05, 3.63) is 23.8 Å². The summed E-state index contributed by atoms with van der Waals surface area (Å²) in [7, 11) is 0. The van der Waals surface area contributed by atoms with Crippen LogP contribution in [0.15, 0.2) is 18.2 Å². The molecule has 1 aromatic rings.